The van der Waals surface area contributed by atoms with Crippen molar-refractivity contribution in [2.75, 3.05) is 5.32 Å². The third kappa shape index (κ3) is 3.21. The van der Waals surface area contributed by atoms with E-state index >= 15 is 0 Å². The highest BCUT2D eigenvalue weighted by Gasteiger charge is 2.17. The minimum atomic E-state index is -0.546. The lowest BCUT2D eigenvalue weighted by atomic mass is 10.2. The van der Waals surface area contributed by atoms with E-state index in [1.165, 1.54) is 11.3 Å². The fraction of sp³-hybridized carbons (Fsp3) is 0.167. The van der Waals surface area contributed by atoms with Crippen LogP contribution in [0.1, 0.15) is 17.8 Å². The summed E-state index contributed by atoms with van der Waals surface area (Å²) in [5.41, 5.74) is -0.00192. The van der Waals surface area contributed by atoms with E-state index in [-0.39, 0.29) is 17.4 Å². The largest absolute Gasteiger partial charge is 0.372 e. The number of thiophene rings is 1. The Morgan fingerprint density at radius 1 is 1.42 bits per heavy atom. The van der Waals surface area contributed by atoms with E-state index in [2.05, 4.69) is 5.32 Å². The second-order valence-electron chi connectivity index (χ2n) is 3.93. The van der Waals surface area contributed by atoms with Crippen LogP contribution < -0.4 is 5.32 Å². The van der Waals surface area contributed by atoms with Gasteiger partial charge in [-0.1, -0.05) is 11.6 Å². The summed E-state index contributed by atoms with van der Waals surface area (Å²) in [4.78, 5) is 11.3. The van der Waals surface area contributed by atoms with E-state index in [9.17, 15) is 14.5 Å². The summed E-state index contributed by atoms with van der Waals surface area (Å²) in [7, 11) is 0. The van der Waals surface area contributed by atoms with Crippen molar-refractivity contribution in [2.45, 2.75) is 13.0 Å². The summed E-state index contributed by atoms with van der Waals surface area (Å²) in [6, 6.07) is 6.71. The van der Waals surface area contributed by atoms with Crippen molar-refractivity contribution in [1.82, 2.24) is 0 Å². The monoisotopic (exact) mass is 300 g/mol. The van der Waals surface area contributed by atoms with Crippen LogP contribution in [0.4, 0.5) is 15.8 Å². The average molecular weight is 301 g/mol. The van der Waals surface area contributed by atoms with Gasteiger partial charge in [-0.05, 0) is 25.1 Å². The van der Waals surface area contributed by atoms with Crippen molar-refractivity contribution < 1.29 is 9.31 Å². The van der Waals surface area contributed by atoms with Gasteiger partial charge in [0.25, 0.3) is 5.69 Å². The fourth-order valence-corrected chi connectivity index (χ4v) is 2.71. The molecule has 0 spiro atoms. The van der Waals surface area contributed by atoms with Crippen LogP contribution in [0.3, 0.4) is 0 Å². The van der Waals surface area contributed by atoms with Crippen LogP contribution in [0.5, 0.6) is 0 Å². The molecule has 2 rings (SSSR count). The van der Waals surface area contributed by atoms with E-state index in [1.54, 1.807) is 6.07 Å². The Balaban J connectivity index is 2.27. The molecule has 0 radical (unpaired) electrons. The molecule has 0 saturated carbocycles. The molecule has 1 atom stereocenters. The van der Waals surface area contributed by atoms with Crippen molar-refractivity contribution in [1.29, 1.82) is 0 Å². The lowest BCUT2D eigenvalue weighted by molar-refractivity contribution is -0.384. The average Bonchev–Trinajstić information content (AvgIpc) is 2.75. The van der Waals surface area contributed by atoms with Gasteiger partial charge < -0.3 is 5.32 Å². The summed E-state index contributed by atoms with van der Waals surface area (Å²) < 4.78 is 13.8. The number of nitrogens with zero attached hydrogens (tertiary/aromatic N) is 1. The molecule has 2 aromatic rings. The Labute approximate surface area is 118 Å². The first-order chi connectivity index (χ1) is 8.97. The maximum absolute atomic E-state index is 13.2. The van der Waals surface area contributed by atoms with Crippen LogP contribution in [0, 0.1) is 15.9 Å². The molecule has 0 fully saturated rings. The lowest BCUT2D eigenvalue weighted by Gasteiger charge is -2.13. The zero-order valence-electron chi connectivity index (χ0n) is 9.89. The van der Waals surface area contributed by atoms with Crippen molar-refractivity contribution in [3.05, 3.63) is 55.5 Å². The number of halogens is 2. The van der Waals surface area contributed by atoms with Gasteiger partial charge in [0.1, 0.15) is 11.5 Å². The highest BCUT2D eigenvalue weighted by molar-refractivity contribution is 7.16. The molecule has 1 N–H and O–H groups in total. The molecule has 100 valence electrons. The van der Waals surface area contributed by atoms with Gasteiger partial charge in [0, 0.05) is 17.0 Å². The number of nitro groups is 1. The topological polar surface area (TPSA) is 55.2 Å². The van der Waals surface area contributed by atoms with E-state index in [0.717, 1.165) is 23.1 Å². The van der Waals surface area contributed by atoms with Crippen molar-refractivity contribution in [3.8, 4) is 0 Å². The van der Waals surface area contributed by atoms with Gasteiger partial charge >= 0.3 is 0 Å². The Morgan fingerprint density at radius 3 is 2.74 bits per heavy atom. The molecule has 1 aromatic heterocycles. The Kier molecular flexibility index (Phi) is 4.01. The molecular formula is C12H10ClFN2O2S. The summed E-state index contributed by atoms with van der Waals surface area (Å²) in [5, 5.41) is 13.8. The molecule has 0 aliphatic carbocycles. The van der Waals surface area contributed by atoms with Crippen LogP contribution in [-0.4, -0.2) is 4.92 Å². The normalized spacial score (nSPS) is 12.2. The molecule has 1 heterocycles. The van der Waals surface area contributed by atoms with E-state index in [1.807, 2.05) is 13.0 Å². The Hall–Kier alpha value is -1.66. The third-order valence-electron chi connectivity index (χ3n) is 2.55. The lowest BCUT2D eigenvalue weighted by Crippen LogP contribution is -2.07. The molecule has 4 nitrogen and oxygen atoms in total. The van der Waals surface area contributed by atoms with E-state index in [0.29, 0.717) is 4.34 Å². The van der Waals surface area contributed by atoms with Crippen molar-refractivity contribution in [2.24, 2.45) is 0 Å². The minimum absolute atomic E-state index is 0.155. The molecule has 7 heteroatoms. The summed E-state index contributed by atoms with van der Waals surface area (Å²) in [5.74, 6) is -0.524. The number of hydrogen-bond acceptors (Lipinski definition) is 4. The second-order valence-corrected chi connectivity index (χ2v) is 5.67. The first-order valence-corrected chi connectivity index (χ1v) is 6.62. The number of benzene rings is 1. The van der Waals surface area contributed by atoms with Crippen molar-refractivity contribution >= 4 is 34.3 Å². The minimum Gasteiger partial charge on any atom is -0.372 e. The molecule has 19 heavy (non-hydrogen) atoms. The summed E-state index contributed by atoms with van der Waals surface area (Å²) >= 11 is 7.21. The smallest absolute Gasteiger partial charge is 0.292 e. The number of rotatable bonds is 4. The zero-order valence-corrected chi connectivity index (χ0v) is 11.5. The summed E-state index contributed by atoms with van der Waals surface area (Å²) in [6.07, 6.45) is 0. The van der Waals surface area contributed by atoms with Crippen LogP contribution >= 0.6 is 22.9 Å². The van der Waals surface area contributed by atoms with Gasteiger partial charge in [-0.2, -0.15) is 0 Å². The van der Waals surface area contributed by atoms with Gasteiger partial charge in [0.15, 0.2) is 0 Å². The Bertz CT molecular complexity index is 618. The maximum Gasteiger partial charge on any atom is 0.292 e. The number of hydrogen-bond donors (Lipinski definition) is 1. The Morgan fingerprint density at radius 2 is 2.16 bits per heavy atom. The van der Waals surface area contributed by atoms with Gasteiger partial charge in [0.05, 0.1) is 15.3 Å². The third-order valence-corrected chi connectivity index (χ3v) is 3.96. The molecule has 0 saturated heterocycles. The molecule has 1 aromatic carbocycles. The molecular weight excluding hydrogens is 291 g/mol. The van der Waals surface area contributed by atoms with Gasteiger partial charge in [-0.15, -0.1) is 11.3 Å². The number of nitro benzene ring substituents is 1. The first kappa shape index (κ1) is 13.8. The quantitative estimate of drug-likeness (QED) is 0.662. The van der Waals surface area contributed by atoms with Crippen LogP contribution in [-0.2, 0) is 0 Å². The highest BCUT2D eigenvalue weighted by atomic mass is 35.5. The highest BCUT2D eigenvalue weighted by Crippen LogP contribution is 2.32. The maximum atomic E-state index is 13.2. The number of nitrogens with one attached hydrogen (secondary N) is 1. The number of anilines is 1. The molecule has 0 aliphatic rings. The van der Waals surface area contributed by atoms with Crippen LogP contribution in [0.25, 0.3) is 0 Å². The van der Waals surface area contributed by atoms with Crippen LogP contribution in [0.2, 0.25) is 4.34 Å². The predicted octanol–water partition coefficient (Wildman–Crippen LogP) is 4.62. The van der Waals surface area contributed by atoms with Gasteiger partial charge in [0.2, 0.25) is 0 Å². The molecule has 0 amide bonds. The van der Waals surface area contributed by atoms with E-state index < -0.39 is 10.7 Å². The SMILES string of the molecule is CC(Nc1cc(F)ccc1[N+](=O)[O-])c1ccc(Cl)s1. The summed E-state index contributed by atoms with van der Waals surface area (Å²) in [6.45, 7) is 1.83. The van der Waals surface area contributed by atoms with Crippen molar-refractivity contribution in [3.63, 3.8) is 0 Å². The molecule has 1 unspecified atom stereocenters. The first-order valence-electron chi connectivity index (χ1n) is 5.43. The van der Waals surface area contributed by atoms with E-state index in [4.69, 9.17) is 11.6 Å². The standard InChI is InChI=1S/C12H10ClFN2O2S/c1-7(11-4-5-12(13)19-11)15-9-6-8(14)2-3-10(9)16(17)18/h2-7,15H,1H3. The fourth-order valence-electron chi connectivity index (χ4n) is 1.65. The molecule has 0 aliphatic heterocycles. The zero-order chi connectivity index (χ0) is 14.0. The van der Waals surface area contributed by atoms with Gasteiger partial charge in [-0.3, -0.25) is 10.1 Å². The predicted molar refractivity (Wildman–Crippen MR) is 74.4 cm³/mol. The van der Waals surface area contributed by atoms with Gasteiger partial charge in [-0.25, -0.2) is 4.39 Å². The molecule has 0 bridgehead atoms. The second kappa shape index (κ2) is 5.54. The van der Waals surface area contributed by atoms with Crippen LogP contribution in [0.15, 0.2) is 30.3 Å².